The molecule has 0 spiro atoms. The second-order valence-electron chi connectivity index (χ2n) is 7.36. The lowest BCUT2D eigenvalue weighted by molar-refractivity contribution is -0.142. The molecule has 0 aliphatic heterocycles. The molecule has 2 aromatic rings. The number of hydrogen-bond acceptors (Lipinski definition) is 3. The Kier molecular flexibility index (Phi) is 6.69. The predicted molar refractivity (Wildman–Crippen MR) is 110 cm³/mol. The summed E-state index contributed by atoms with van der Waals surface area (Å²) in [5.41, 5.74) is 1.26. The first-order valence-corrected chi connectivity index (χ1v) is 10.0. The Balaban J connectivity index is 1.62. The van der Waals surface area contributed by atoms with Crippen molar-refractivity contribution in [1.29, 1.82) is 0 Å². The maximum Gasteiger partial charge on any atom is 0.306 e. The Morgan fingerprint density at radius 2 is 1.76 bits per heavy atom. The summed E-state index contributed by atoms with van der Waals surface area (Å²) in [7, 11) is 0. The molecule has 7 nitrogen and oxygen atoms in total. The fourth-order valence-corrected chi connectivity index (χ4v) is 3.84. The molecule has 29 heavy (non-hydrogen) atoms. The van der Waals surface area contributed by atoms with Crippen molar-refractivity contribution in [2.75, 3.05) is 11.4 Å². The van der Waals surface area contributed by atoms with Crippen molar-refractivity contribution in [1.82, 2.24) is 9.88 Å². The summed E-state index contributed by atoms with van der Waals surface area (Å²) in [5, 5.41) is 12.1. The number of anilines is 1. The number of amides is 2. The van der Waals surface area contributed by atoms with Crippen molar-refractivity contribution in [2.24, 2.45) is 5.92 Å². The maximum atomic E-state index is 12.8. The van der Waals surface area contributed by atoms with Gasteiger partial charge < -0.3 is 19.9 Å². The number of rotatable bonds is 7. The molecule has 0 saturated heterocycles. The van der Waals surface area contributed by atoms with Gasteiger partial charge in [-0.3, -0.25) is 14.4 Å². The summed E-state index contributed by atoms with van der Waals surface area (Å²) in [6.45, 7) is 2.53. The quantitative estimate of drug-likeness (QED) is 0.751. The Morgan fingerprint density at radius 3 is 2.38 bits per heavy atom. The molecular weight excluding hydrogens is 370 g/mol. The van der Waals surface area contributed by atoms with Crippen LogP contribution in [-0.2, 0) is 16.1 Å². The number of likely N-dealkylation sites (N-methyl/N-ethyl adjacent to an activating group) is 1. The van der Waals surface area contributed by atoms with E-state index in [4.69, 9.17) is 5.11 Å². The number of nitrogens with one attached hydrogen (secondary N) is 1. The van der Waals surface area contributed by atoms with Crippen LogP contribution in [0.5, 0.6) is 0 Å². The van der Waals surface area contributed by atoms with Crippen LogP contribution in [0.3, 0.4) is 0 Å². The van der Waals surface area contributed by atoms with Crippen molar-refractivity contribution in [3.8, 4) is 0 Å². The summed E-state index contributed by atoms with van der Waals surface area (Å²) < 4.78 is 1.66. The zero-order chi connectivity index (χ0) is 20.8. The number of carbonyl (C=O) groups excluding carboxylic acids is 2. The van der Waals surface area contributed by atoms with E-state index in [9.17, 15) is 14.4 Å². The number of aromatic nitrogens is 1. The van der Waals surface area contributed by atoms with Gasteiger partial charge in [-0.15, -0.1) is 0 Å². The molecule has 1 aromatic carbocycles. The van der Waals surface area contributed by atoms with Crippen LogP contribution in [0, 0.1) is 5.92 Å². The van der Waals surface area contributed by atoms with E-state index in [0.29, 0.717) is 37.9 Å². The molecule has 7 heteroatoms. The zero-order valence-corrected chi connectivity index (χ0v) is 16.6. The molecule has 1 fully saturated rings. The van der Waals surface area contributed by atoms with E-state index in [-0.39, 0.29) is 30.3 Å². The minimum Gasteiger partial charge on any atom is -0.481 e. The molecule has 1 aliphatic carbocycles. The highest BCUT2D eigenvalue weighted by Crippen LogP contribution is 2.24. The number of aliphatic carboxylic acids is 1. The molecule has 1 saturated carbocycles. The molecule has 3 rings (SSSR count). The predicted octanol–water partition coefficient (Wildman–Crippen LogP) is 2.91. The summed E-state index contributed by atoms with van der Waals surface area (Å²) in [6, 6.07) is 12.9. The third-order valence-electron chi connectivity index (χ3n) is 5.46. The minimum absolute atomic E-state index is 0.0337. The van der Waals surface area contributed by atoms with Gasteiger partial charge in [-0.25, -0.2) is 0 Å². The average molecular weight is 397 g/mol. The normalized spacial score (nSPS) is 18.8. The van der Waals surface area contributed by atoms with Gasteiger partial charge in [0, 0.05) is 24.5 Å². The first-order chi connectivity index (χ1) is 14.0. The van der Waals surface area contributed by atoms with Crippen LogP contribution in [0.25, 0.3) is 0 Å². The van der Waals surface area contributed by atoms with E-state index < -0.39 is 5.97 Å². The highest BCUT2D eigenvalue weighted by Gasteiger charge is 2.27. The van der Waals surface area contributed by atoms with Crippen LogP contribution >= 0.6 is 0 Å². The number of carbonyl (C=O) groups is 3. The van der Waals surface area contributed by atoms with Gasteiger partial charge in [-0.1, -0.05) is 18.2 Å². The van der Waals surface area contributed by atoms with Crippen molar-refractivity contribution >= 4 is 23.5 Å². The van der Waals surface area contributed by atoms with Crippen LogP contribution in [0.15, 0.2) is 48.7 Å². The Bertz CT molecular complexity index is 854. The van der Waals surface area contributed by atoms with Crippen molar-refractivity contribution in [3.63, 3.8) is 0 Å². The topological polar surface area (TPSA) is 91.6 Å². The van der Waals surface area contributed by atoms with Gasteiger partial charge in [-0.05, 0) is 56.9 Å². The molecule has 1 aromatic heterocycles. The van der Waals surface area contributed by atoms with E-state index in [1.165, 1.54) is 0 Å². The van der Waals surface area contributed by atoms with Gasteiger partial charge in [0.25, 0.3) is 5.91 Å². The molecule has 0 atom stereocenters. The Hall–Kier alpha value is -3.09. The highest BCUT2D eigenvalue weighted by atomic mass is 16.4. The van der Waals surface area contributed by atoms with Gasteiger partial charge >= 0.3 is 5.97 Å². The minimum atomic E-state index is -0.763. The van der Waals surface area contributed by atoms with Crippen LogP contribution < -0.4 is 10.2 Å². The zero-order valence-electron chi connectivity index (χ0n) is 16.6. The maximum absolute atomic E-state index is 12.8. The third-order valence-corrected chi connectivity index (χ3v) is 5.46. The van der Waals surface area contributed by atoms with Crippen molar-refractivity contribution in [3.05, 3.63) is 54.4 Å². The number of para-hydroxylation sites is 1. The summed E-state index contributed by atoms with van der Waals surface area (Å²) in [4.78, 5) is 38.3. The highest BCUT2D eigenvalue weighted by molar-refractivity contribution is 5.96. The number of hydrogen-bond donors (Lipinski definition) is 2. The van der Waals surface area contributed by atoms with E-state index in [0.717, 1.165) is 5.69 Å². The second kappa shape index (κ2) is 9.41. The number of carboxylic acids is 1. The summed E-state index contributed by atoms with van der Waals surface area (Å²) >= 11 is 0. The number of carboxylic acid groups (broad SMARTS) is 1. The van der Waals surface area contributed by atoms with Crippen LogP contribution in [0.1, 0.15) is 43.1 Å². The lowest BCUT2D eigenvalue weighted by atomic mass is 9.86. The average Bonchev–Trinajstić information content (AvgIpc) is 3.18. The Morgan fingerprint density at radius 1 is 1.07 bits per heavy atom. The molecule has 0 radical (unpaired) electrons. The SMILES string of the molecule is CCN(C(=O)Cn1cccc1C(=O)N[C@H]1CC[C@H](C(=O)O)CC1)c1ccccc1. The van der Waals surface area contributed by atoms with E-state index in [1.54, 1.807) is 27.8 Å². The van der Waals surface area contributed by atoms with Crippen LogP contribution in [0.2, 0.25) is 0 Å². The fraction of sp³-hybridized carbons (Fsp3) is 0.409. The molecular formula is C22H27N3O4. The molecule has 2 N–H and O–H groups in total. The second-order valence-corrected chi connectivity index (χ2v) is 7.36. The monoisotopic (exact) mass is 397 g/mol. The fourth-order valence-electron chi connectivity index (χ4n) is 3.84. The number of benzene rings is 1. The van der Waals surface area contributed by atoms with E-state index in [2.05, 4.69) is 5.32 Å². The van der Waals surface area contributed by atoms with E-state index >= 15 is 0 Å². The van der Waals surface area contributed by atoms with Crippen LogP contribution in [-0.4, -0.2) is 40.0 Å². The van der Waals surface area contributed by atoms with Crippen molar-refractivity contribution < 1.29 is 19.5 Å². The summed E-state index contributed by atoms with van der Waals surface area (Å²) in [6.07, 6.45) is 4.18. The van der Waals surface area contributed by atoms with Gasteiger partial charge in [0.05, 0.1) is 5.92 Å². The molecule has 0 unspecified atom stereocenters. The third kappa shape index (κ3) is 5.04. The first-order valence-electron chi connectivity index (χ1n) is 10.0. The molecule has 2 amide bonds. The Labute approximate surface area is 170 Å². The molecule has 154 valence electrons. The van der Waals surface area contributed by atoms with Gasteiger partial charge in [-0.2, -0.15) is 0 Å². The van der Waals surface area contributed by atoms with Gasteiger partial charge in [0.15, 0.2) is 0 Å². The van der Waals surface area contributed by atoms with Crippen molar-refractivity contribution in [2.45, 2.75) is 45.2 Å². The van der Waals surface area contributed by atoms with Gasteiger partial charge in [0.2, 0.25) is 5.91 Å². The lowest BCUT2D eigenvalue weighted by Crippen LogP contribution is -2.40. The molecule has 0 bridgehead atoms. The van der Waals surface area contributed by atoms with Crippen LogP contribution in [0.4, 0.5) is 5.69 Å². The lowest BCUT2D eigenvalue weighted by Gasteiger charge is -2.27. The smallest absolute Gasteiger partial charge is 0.306 e. The molecule has 1 heterocycles. The largest absolute Gasteiger partial charge is 0.481 e. The molecule has 1 aliphatic rings. The summed E-state index contributed by atoms with van der Waals surface area (Å²) in [5.74, 6) is -1.40. The standard InChI is InChI=1S/C22H27N3O4/c1-2-25(18-7-4-3-5-8-18)20(26)15-24-14-6-9-19(24)21(27)23-17-12-10-16(11-13-17)22(28)29/h3-9,14,16-17H,2,10-13,15H2,1H3,(H,23,27)(H,28,29)/t16-,17-. The van der Waals surface area contributed by atoms with E-state index in [1.807, 2.05) is 37.3 Å². The first kappa shape index (κ1) is 20.6. The number of nitrogens with zero attached hydrogens (tertiary/aromatic N) is 2. The van der Waals surface area contributed by atoms with Gasteiger partial charge in [0.1, 0.15) is 12.2 Å².